The Morgan fingerprint density at radius 3 is 2.30 bits per heavy atom. The van der Waals surface area contributed by atoms with Crippen LogP contribution in [0.25, 0.3) is 0 Å². The molecule has 1 saturated heterocycles. The minimum atomic E-state index is -4.02. The van der Waals surface area contributed by atoms with Gasteiger partial charge in [-0.1, -0.05) is 0 Å². The molecule has 1 amide bonds. The summed E-state index contributed by atoms with van der Waals surface area (Å²) in [6, 6.07) is -0.0524. The van der Waals surface area contributed by atoms with Crippen molar-refractivity contribution in [2.24, 2.45) is 14.1 Å². The van der Waals surface area contributed by atoms with Crippen molar-refractivity contribution < 1.29 is 13.2 Å². The zero-order valence-electron chi connectivity index (χ0n) is 15.7. The predicted molar refractivity (Wildman–Crippen MR) is 97.9 cm³/mol. The number of rotatable bonds is 5. The fraction of sp³-hybridized carbons (Fsp3) is 0.688. The van der Waals surface area contributed by atoms with Crippen molar-refractivity contribution >= 4 is 15.9 Å². The molecule has 1 aromatic heterocycles. The van der Waals surface area contributed by atoms with Crippen LogP contribution in [0.15, 0.2) is 20.7 Å². The van der Waals surface area contributed by atoms with Crippen LogP contribution >= 0.6 is 0 Å². The summed E-state index contributed by atoms with van der Waals surface area (Å²) in [6.45, 7) is 2.95. The van der Waals surface area contributed by atoms with Gasteiger partial charge in [-0.15, -0.1) is 0 Å². The van der Waals surface area contributed by atoms with Crippen LogP contribution in [0.1, 0.15) is 19.8 Å². The van der Waals surface area contributed by atoms with E-state index in [0.29, 0.717) is 13.1 Å². The first-order chi connectivity index (χ1) is 12.6. The monoisotopic (exact) mass is 399 g/mol. The first-order valence-corrected chi connectivity index (χ1v) is 10.4. The molecule has 3 rings (SSSR count). The lowest BCUT2D eigenvalue weighted by atomic mass is 10.2. The van der Waals surface area contributed by atoms with Crippen LogP contribution in [-0.2, 0) is 28.9 Å². The molecule has 1 unspecified atom stereocenters. The predicted octanol–water partition coefficient (Wildman–Crippen LogP) is -1.94. The number of sulfonamides is 1. The molecule has 150 valence electrons. The third-order valence-corrected chi connectivity index (χ3v) is 7.04. The molecule has 2 heterocycles. The molecular weight excluding hydrogens is 374 g/mol. The molecule has 1 aliphatic carbocycles. The van der Waals surface area contributed by atoms with Crippen LogP contribution < -0.4 is 16.6 Å². The number of hydrogen-bond acceptors (Lipinski definition) is 6. The van der Waals surface area contributed by atoms with E-state index in [4.69, 9.17) is 0 Å². The Balaban J connectivity index is 1.72. The molecule has 27 heavy (non-hydrogen) atoms. The number of amides is 1. The van der Waals surface area contributed by atoms with Gasteiger partial charge in [-0.05, 0) is 19.8 Å². The summed E-state index contributed by atoms with van der Waals surface area (Å²) in [5, 5.41) is 2.95. The van der Waals surface area contributed by atoms with Crippen molar-refractivity contribution in [1.82, 2.24) is 23.7 Å². The summed E-state index contributed by atoms with van der Waals surface area (Å²) in [5.74, 6) is -0.0410. The first-order valence-electron chi connectivity index (χ1n) is 8.94. The van der Waals surface area contributed by atoms with Crippen molar-refractivity contribution in [3.05, 3.63) is 27.0 Å². The summed E-state index contributed by atoms with van der Waals surface area (Å²) < 4.78 is 28.9. The van der Waals surface area contributed by atoms with Gasteiger partial charge >= 0.3 is 5.69 Å². The molecule has 0 spiro atoms. The van der Waals surface area contributed by atoms with Crippen LogP contribution in [0.5, 0.6) is 0 Å². The van der Waals surface area contributed by atoms with E-state index in [-0.39, 0.29) is 31.1 Å². The Hall–Kier alpha value is -1.98. The molecule has 0 aromatic carbocycles. The molecule has 11 heteroatoms. The van der Waals surface area contributed by atoms with Crippen LogP contribution in [0.3, 0.4) is 0 Å². The van der Waals surface area contributed by atoms with Crippen molar-refractivity contribution in [3.63, 3.8) is 0 Å². The third-order valence-electron chi connectivity index (χ3n) is 5.16. The normalized spacial score (nSPS) is 20.4. The summed E-state index contributed by atoms with van der Waals surface area (Å²) in [6.07, 6.45) is 3.09. The van der Waals surface area contributed by atoms with Crippen LogP contribution in [-0.4, -0.2) is 70.9 Å². The van der Waals surface area contributed by atoms with Crippen LogP contribution in [0.2, 0.25) is 0 Å². The lowest BCUT2D eigenvalue weighted by molar-refractivity contribution is -0.126. The number of hydrogen-bond donors (Lipinski definition) is 1. The van der Waals surface area contributed by atoms with E-state index >= 15 is 0 Å². The quantitative estimate of drug-likeness (QED) is 0.616. The molecule has 1 N–H and O–H groups in total. The third kappa shape index (κ3) is 3.85. The zero-order chi connectivity index (χ0) is 19.9. The molecule has 1 atom stereocenters. The van der Waals surface area contributed by atoms with Gasteiger partial charge in [-0.3, -0.25) is 19.1 Å². The Bertz CT molecular complexity index is 954. The van der Waals surface area contributed by atoms with E-state index in [9.17, 15) is 22.8 Å². The van der Waals surface area contributed by atoms with Gasteiger partial charge in [0, 0.05) is 52.5 Å². The van der Waals surface area contributed by atoms with Gasteiger partial charge in [-0.2, -0.15) is 4.31 Å². The smallest absolute Gasteiger partial charge is 0.330 e. The number of nitrogens with zero attached hydrogens (tertiary/aromatic N) is 4. The number of carbonyl (C=O) groups excluding carboxylic acids is 1. The number of aromatic nitrogens is 2. The maximum atomic E-state index is 12.9. The maximum Gasteiger partial charge on any atom is 0.330 e. The molecular formula is C16H25N5O5S. The van der Waals surface area contributed by atoms with Gasteiger partial charge in [0.05, 0.1) is 6.04 Å². The molecule has 1 saturated carbocycles. The Kier molecular flexibility index (Phi) is 5.28. The minimum Gasteiger partial charge on any atom is -0.352 e. The van der Waals surface area contributed by atoms with Gasteiger partial charge in [0.25, 0.3) is 5.56 Å². The molecule has 10 nitrogen and oxygen atoms in total. The number of aryl methyl sites for hydroxylation is 1. The minimum absolute atomic E-state index is 0.0410. The maximum absolute atomic E-state index is 12.9. The molecule has 0 bridgehead atoms. The summed E-state index contributed by atoms with van der Waals surface area (Å²) in [4.78, 5) is 37.8. The van der Waals surface area contributed by atoms with Crippen molar-refractivity contribution in [2.75, 3.05) is 26.2 Å². The lowest BCUT2D eigenvalue weighted by Gasteiger charge is -2.36. The summed E-state index contributed by atoms with van der Waals surface area (Å²) >= 11 is 0. The highest BCUT2D eigenvalue weighted by Crippen LogP contribution is 2.20. The van der Waals surface area contributed by atoms with Crippen molar-refractivity contribution in [1.29, 1.82) is 0 Å². The number of piperazine rings is 1. The van der Waals surface area contributed by atoms with E-state index in [1.807, 2.05) is 11.8 Å². The van der Waals surface area contributed by atoms with Crippen LogP contribution in [0.4, 0.5) is 0 Å². The van der Waals surface area contributed by atoms with E-state index < -0.39 is 26.2 Å². The van der Waals surface area contributed by atoms with Gasteiger partial charge in [0.2, 0.25) is 15.9 Å². The van der Waals surface area contributed by atoms with Gasteiger partial charge in [0.15, 0.2) is 4.90 Å². The second-order valence-corrected chi connectivity index (χ2v) is 9.06. The molecule has 0 radical (unpaired) electrons. The van der Waals surface area contributed by atoms with E-state index in [1.165, 1.54) is 18.4 Å². The fourth-order valence-electron chi connectivity index (χ4n) is 3.14. The van der Waals surface area contributed by atoms with E-state index in [2.05, 4.69) is 5.32 Å². The largest absolute Gasteiger partial charge is 0.352 e. The highest BCUT2D eigenvalue weighted by molar-refractivity contribution is 7.89. The first kappa shape index (κ1) is 19.8. The standard InChI is InChI=1S/C16H25N5O5S/c1-11(14(22)17-12-4-5-12)20-6-8-21(9-7-20)27(25,26)13-10-18(2)16(24)19(3)15(13)23/h10-12H,4-9H2,1-3H3,(H,17,22). The zero-order valence-corrected chi connectivity index (χ0v) is 16.5. The molecule has 2 aliphatic rings. The number of carbonyl (C=O) groups is 1. The van der Waals surface area contributed by atoms with E-state index in [0.717, 1.165) is 28.2 Å². The molecule has 1 aliphatic heterocycles. The van der Waals surface area contributed by atoms with Crippen molar-refractivity contribution in [2.45, 2.75) is 36.7 Å². The summed E-state index contributed by atoms with van der Waals surface area (Å²) in [7, 11) is -1.37. The fourth-order valence-corrected chi connectivity index (χ4v) is 4.71. The number of nitrogens with one attached hydrogen (secondary N) is 1. The average Bonchev–Trinajstić information content (AvgIpc) is 3.46. The second kappa shape index (κ2) is 7.21. The highest BCUT2D eigenvalue weighted by Gasteiger charge is 2.35. The highest BCUT2D eigenvalue weighted by atomic mass is 32.2. The molecule has 1 aromatic rings. The Labute approximate surface area is 157 Å². The Morgan fingerprint density at radius 2 is 1.74 bits per heavy atom. The second-order valence-electron chi connectivity index (χ2n) is 7.15. The topological polar surface area (TPSA) is 114 Å². The lowest BCUT2D eigenvalue weighted by Crippen LogP contribution is -2.55. The van der Waals surface area contributed by atoms with Gasteiger partial charge < -0.3 is 9.88 Å². The Morgan fingerprint density at radius 1 is 1.15 bits per heavy atom. The molecule has 2 fully saturated rings. The average molecular weight is 399 g/mol. The van der Waals surface area contributed by atoms with E-state index in [1.54, 1.807) is 0 Å². The van der Waals surface area contributed by atoms with Crippen molar-refractivity contribution in [3.8, 4) is 0 Å². The van der Waals surface area contributed by atoms with Crippen LogP contribution in [0, 0.1) is 0 Å². The SMILES string of the molecule is CC(C(=O)NC1CC1)N1CCN(S(=O)(=O)c2cn(C)c(=O)n(C)c2=O)CC1. The summed E-state index contributed by atoms with van der Waals surface area (Å²) in [5.41, 5.74) is -1.42. The van der Waals surface area contributed by atoms with Gasteiger partial charge in [0.1, 0.15) is 0 Å². The van der Waals surface area contributed by atoms with Gasteiger partial charge in [-0.25, -0.2) is 13.2 Å².